The quantitative estimate of drug-likeness (QED) is 0.260. The molecule has 0 fully saturated rings. The molecule has 0 aromatic heterocycles. The summed E-state index contributed by atoms with van der Waals surface area (Å²) in [6.45, 7) is 1.31. The number of methoxy groups -OCH3 is 1. The van der Waals surface area contributed by atoms with E-state index >= 15 is 0 Å². The molecule has 0 unspecified atom stereocenters. The van der Waals surface area contributed by atoms with Crippen molar-refractivity contribution < 1.29 is 24.4 Å². The van der Waals surface area contributed by atoms with Crippen molar-refractivity contribution >= 4 is 40.7 Å². The molecule has 0 atom stereocenters. The smallest absolute Gasteiger partial charge is 0.343 e. The summed E-state index contributed by atoms with van der Waals surface area (Å²) in [7, 11) is 1.17. The molecule has 0 saturated carbocycles. The standard InChI is InChI=1S/C20H14ClN3O6/c1-10(25)16(20(27)30-2)17-12-5-3-4-6-13(12)18(22-17)23-19(26)11-7-8-14(21)15(9-11)24(28)29/h3-9,25H,1-2H3. The molecule has 2 aromatic carbocycles. The third-order valence-corrected chi connectivity index (χ3v) is 4.55. The number of halogens is 1. The van der Waals surface area contributed by atoms with Gasteiger partial charge in [-0.05, 0) is 19.1 Å². The van der Waals surface area contributed by atoms with E-state index in [1.807, 2.05) is 0 Å². The lowest BCUT2D eigenvalue weighted by Gasteiger charge is -2.07. The molecule has 1 aliphatic rings. The summed E-state index contributed by atoms with van der Waals surface area (Å²) in [5, 5.41) is 20.9. The molecule has 2 aromatic rings. The normalized spacial score (nSPS) is 14.6. The molecule has 0 saturated heterocycles. The van der Waals surface area contributed by atoms with Gasteiger partial charge in [-0.1, -0.05) is 35.9 Å². The molecule has 1 amide bonds. The molecular weight excluding hydrogens is 414 g/mol. The van der Waals surface area contributed by atoms with Crippen molar-refractivity contribution in [1.29, 1.82) is 0 Å². The number of nitrogens with zero attached hydrogens (tertiary/aromatic N) is 3. The van der Waals surface area contributed by atoms with Crippen LogP contribution in [0, 0.1) is 10.1 Å². The first kappa shape index (κ1) is 20.9. The van der Waals surface area contributed by atoms with Crippen molar-refractivity contribution in [3.63, 3.8) is 0 Å². The molecule has 0 radical (unpaired) electrons. The number of allylic oxidation sites excluding steroid dienone is 1. The van der Waals surface area contributed by atoms with Crippen molar-refractivity contribution in [2.24, 2.45) is 9.98 Å². The minimum absolute atomic E-state index is 0.00847. The first-order valence-electron chi connectivity index (χ1n) is 8.48. The minimum Gasteiger partial charge on any atom is -0.512 e. The summed E-state index contributed by atoms with van der Waals surface area (Å²) in [5.74, 6) is -1.90. The Bertz CT molecular complexity index is 1180. The number of hydrogen-bond acceptors (Lipinski definition) is 6. The number of nitro benzene ring substituents is 1. The largest absolute Gasteiger partial charge is 0.512 e. The number of benzene rings is 2. The number of esters is 1. The second-order valence-electron chi connectivity index (χ2n) is 6.12. The van der Waals surface area contributed by atoms with Crippen LogP contribution in [0.1, 0.15) is 28.4 Å². The van der Waals surface area contributed by atoms with Crippen LogP contribution < -0.4 is 0 Å². The van der Waals surface area contributed by atoms with Gasteiger partial charge in [0.25, 0.3) is 11.6 Å². The van der Waals surface area contributed by atoms with E-state index in [2.05, 4.69) is 9.98 Å². The van der Waals surface area contributed by atoms with Crippen LogP contribution in [0.4, 0.5) is 5.69 Å². The number of aliphatic hydroxyl groups is 1. The fourth-order valence-corrected chi connectivity index (χ4v) is 3.04. The Morgan fingerprint density at radius 1 is 1.20 bits per heavy atom. The van der Waals surface area contributed by atoms with Gasteiger partial charge in [-0.25, -0.2) is 9.79 Å². The van der Waals surface area contributed by atoms with E-state index in [4.69, 9.17) is 16.3 Å². The number of ether oxygens (including phenoxy) is 1. The lowest BCUT2D eigenvalue weighted by atomic mass is 9.99. The Morgan fingerprint density at radius 2 is 1.87 bits per heavy atom. The van der Waals surface area contributed by atoms with Crippen molar-refractivity contribution in [2.45, 2.75) is 6.92 Å². The number of carbonyl (C=O) groups is 2. The third-order valence-electron chi connectivity index (χ3n) is 4.23. The average molecular weight is 428 g/mol. The number of amides is 1. The van der Waals surface area contributed by atoms with Crippen molar-refractivity contribution in [2.75, 3.05) is 7.11 Å². The maximum Gasteiger partial charge on any atom is 0.343 e. The molecule has 1 aliphatic heterocycles. The molecule has 0 bridgehead atoms. The zero-order valence-corrected chi connectivity index (χ0v) is 16.5. The van der Waals surface area contributed by atoms with E-state index in [1.54, 1.807) is 24.3 Å². The van der Waals surface area contributed by atoms with Gasteiger partial charge in [0, 0.05) is 22.8 Å². The van der Waals surface area contributed by atoms with Crippen LogP contribution in [-0.2, 0) is 9.53 Å². The number of aliphatic imine (C=N–C) groups is 2. The van der Waals surface area contributed by atoms with Gasteiger partial charge in [-0.3, -0.25) is 14.9 Å². The van der Waals surface area contributed by atoms with Gasteiger partial charge in [0.1, 0.15) is 16.4 Å². The summed E-state index contributed by atoms with van der Waals surface area (Å²) in [5.41, 5.74) is 0.384. The van der Waals surface area contributed by atoms with E-state index in [1.165, 1.54) is 26.2 Å². The molecular formula is C20H14ClN3O6. The molecule has 0 aliphatic carbocycles. The van der Waals surface area contributed by atoms with Crippen LogP contribution in [0.15, 0.2) is 63.8 Å². The minimum atomic E-state index is -0.801. The van der Waals surface area contributed by atoms with Gasteiger partial charge in [0.2, 0.25) is 0 Å². The lowest BCUT2D eigenvalue weighted by molar-refractivity contribution is -0.384. The van der Waals surface area contributed by atoms with Crippen molar-refractivity contribution in [3.05, 3.63) is 85.6 Å². The van der Waals surface area contributed by atoms with E-state index in [9.17, 15) is 24.8 Å². The van der Waals surface area contributed by atoms with Crippen LogP contribution in [0.5, 0.6) is 0 Å². The monoisotopic (exact) mass is 427 g/mol. The predicted octanol–water partition coefficient (Wildman–Crippen LogP) is 3.64. The van der Waals surface area contributed by atoms with E-state index < -0.39 is 22.5 Å². The number of rotatable bonds is 4. The van der Waals surface area contributed by atoms with Gasteiger partial charge in [-0.15, -0.1) is 0 Å². The Hall–Kier alpha value is -3.85. The third kappa shape index (κ3) is 3.83. The fraction of sp³-hybridized carbons (Fsp3) is 0.100. The first-order chi connectivity index (χ1) is 14.2. The number of carbonyl (C=O) groups excluding carboxylic acids is 2. The van der Waals surface area contributed by atoms with E-state index in [-0.39, 0.29) is 33.5 Å². The molecule has 10 heteroatoms. The molecule has 1 N–H and O–H groups in total. The fourth-order valence-electron chi connectivity index (χ4n) is 2.85. The molecule has 152 valence electrons. The van der Waals surface area contributed by atoms with E-state index in [0.29, 0.717) is 11.1 Å². The average Bonchev–Trinajstić information content (AvgIpc) is 3.06. The Balaban J connectivity index is 2.11. The van der Waals surface area contributed by atoms with Gasteiger partial charge in [-0.2, -0.15) is 4.99 Å². The zero-order chi connectivity index (χ0) is 22.0. The van der Waals surface area contributed by atoms with Crippen LogP contribution in [0.25, 0.3) is 0 Å². The summed E-state index contributed by atoms with van der Waals surface area (Å²) in [6, 6.07) is 10.3. The number of hydrogen-bond donors (Lipinski definition) is 1. The summed E-state index contributed by atoms with van der Waals surface area (Å²) >= 11 is 5.78. The highest BCUT2D eigenvalue weighted by atomic mass is 35.5. The Kier molecular flexibility index (Phi) is 5.74. The van der Waals surface area contributed by atoms with Crippen LogP contribution in [0.3, 0.4) is 0 Å². The Labute approximate surface area is 175 Å². The van der Waals surface area contributed by atoms with Gasteiger partial charge >= 0.3 is 5.97 Å². The second-order valence-corrected chi connectivity index (χ2v) is 6.53. The number of aliphatic hydroxyl groups excluding tert-OH is 1. The van der Waals surface area contributed by atoms with E-state index in [0.717, 1.165) is 6.07 Å². The SMILES string of the molecule is COC(=O)C(C1=NC(=NC(=O)c2ccc(Cl)c([N+](=O)[O-])c2)c2ccccc21)=C(C)O. The second kappa shape index (κ2) is 8.26. The first-order valence-corrected chi connectivity index (χ1v) is 8.86. The molecule has 9 nitrogen and oxygen atoms in total. The summed E-state index contributed by atoms with van der Waals surface area (Å²) in [6.07, 6.45) is 0. The molecule has 3 rings (SSSR count). The van der Waals surface area contributed by atoms with Crippen LogP contribution in [-0.4, -0.2) is 40.6 Å². The number of nitro groups is 1. The van der Waals surface area contributed by atoms with Crippen LogP contribution >= 0.6 is 11.6 Å². The zero-order valence-electron chi connectivity index (χ0n) is 15.7. The molecule has 1 heterocycles. The lowest BCUT2D eigenvalue weighted by Crippen LogP contribution is -2.16. The summed E-state index contributed by atoms with van der Waals surface area (Å²) in [4.78, 5) is 43.3. The highest BCUT2D eigenvalue weighted by Gasteiger charge is 2.30. The van der Waals surface area contributed by atoms with Gasteiger partial charge in [0.15, 0.2) is 5.84 Å². The maximum atomic E-state index is 12.6. The van der Waals surface area contributed by atoms with Gasteiger partial charge < -0.3 is 9.84 Å². The van der Waals surface area contributed by atoms with Crippen molar-refractivity contribution in [1.82, 2.24) is 0 Å². The van der Waals surface area contributed by atoms with Crippen molar-refractivity contribution in [3.8, 4) is 0 Å². The highest BCUT2D eigenvalue weighted by Crippen LogP contribution is 2.27. The molecule has 30 heavy (non-hydrogen) atoms. The highest BCUT2D eigenvalue weighted by molar-refractivity contribution is 6.36. The maximum absolute atomic E-state index is 12.6. The number of fused-ring (bicyclic) bond motifs is 1. The Morgan fingerprint density at radius 3 is 2.47 bits per heavy atom. The number of amidine groups is 1. The topological polar surface area (TPSA) is 131 Å². The molecule has 0 spiro atoms. The predicted molar refractivity (Wildman–Crippen MR) is 109 cm³/mol. The van der Waals surface area contributed by atoms with Gasteiger partial charge in [0.05, 0.1) is 17.7 Å². The van der Waals surface area contributed by atoms with Crippen LogP contribution in [0.2, 0.25) is 5.02 Å². The summed E-state index contributed by atoms with van der Waals surface area (Å²) < 4.78 is 4.71.